The van der Waals surface area contributed by atoms with Crippen molar-refractivity contribution in [1.82, 2.24) is 19.4 Å². The third-order valence-electron chi connectivity index (χ3n) is 7.04. The van der Waals surface area contributed by atoms with Gasteiger partial charge in [0.15, 0.2) is 11.5 Å². The maximum atomic E-state index is 13.2. The van der Waals surface area contributed by atoms with Gasteiger partial charge in [0, 0.05) is 64.2 Å². The highest BCUT2D eigenvalue weighted by Gasteiger charge is 2.32. The minimum Gasteiger partial charge on any atom is -0.490 e. The van der Waals surface area contributed by atoms with Crippen LogP contribution in [0.1, 0.15) is 32.6 Å². The van der Waals surface area contributed by atoms with Crippen molar-refractivity contribution < 1.29 is 22.7 Å². The Morgan fingerprint density at radius 2 is 1.68 bits per heavy atom. The van der Waals surface area contributed by atoms with Crippen molar-refractivity contribution in [3.05, 3.63) is 18.2 Å². The van der Waals surface area contributed by atoms with E-state index < -0.39 is 10.0 Å². The van der Waals surface area contributed by atoms with Gasteiger partial charge in [-0.2, -0.15) is 4.31 Å². The van der Waals surface area contributed by atoms with E-state index in [2.05, 4.69) is 22.0 Å². The smallest absolute Gasteiger partial charge is 0.243 e. The molecule has 3 aliphatic rings. The van der Waals surface area contributed by atoms with Crippen LogP contribution in [0.4, 0.5) is 0 Å². The zero-order valence-corrected chi connectivity index (χ0v) is 21.0. The Labute approximate surface area is 203 Å². The Bertz CT molecular complexity index is 925. The predicted molar refractivity (Wildman–Crippen MR) is 130 cm³/mol. The first-order valence-corrected chi connectivity index (χ1v) is 14.0. The van der Waals surface area contributed by atoms with Crippen molar-refractivity contribution in [3.8, 4) is 11.5 Å². The summed E-state index contributed by atoms with van der Waals surface area (Å²) in [7, 11) is -3.64. The van der Waals surface area contributed by atoms with Crippen molar-refractivity contribution in [2.45, 2.75) is 37.5 Å². The number of nitrogens with zero attached hydrogens (tertiary/aromatic N) is 3. The second-order valence-electron chi connectivity index (χ2n) is 9.26. The lowest BCUT2D eigenvalue weighted by Gasteiger charge is -2.34. The molecule has 0 aliphatic carbocycles. The van der Waals surface area contributed by atoms with Gasteiger partial charge in [0.25, 0.3) is 0 Å². The molecule has 0 saturated carbocycles. The van der Waals surface area contributed by atoms with Crippen molar-refractivity contribution in [1.29, 1.82) is 0 Å². The fourth-order valence-electron chi connectivity index (χ4n) is 4.80. The fourth-order valence-corrected chi connectivity index (χ4v) is 6.28. The molecule has 34 heavy (non-hydrogen) atoms. The molecule has 0 radical (unpaired) electrons. The highest BCUT2D eigenvalue weighted by atomic mass is 32.2. The number of likely N-dealkylation sites (N-methyl/N-ethyl adjacent to an activating group) is 1. The standard InChI is InChI=1S/C24H38N4O5S/c1-2-26-13-15-27(16-14-26)10-3-9-25-24(29)20-7-11-28(12-8-20)34(30,31)21-5-6-22-23(19-21)33-18-4-17-32-22/h5-6,19-20H,2-4,7-18H2,1H3,(H,25,29). The van der Waals surface area contributed by atoms with Crippen LogP contribution in [0.2, 0.25) is 0 Å². The molecule has 2 saturated heterocycles. The highest BCUT2D eigenvalue weighted by molar-refractivity contribution is 7.89. The molecule has 0 bridgehead atoms. The predicted octanol–water partition coefficient (Wildman–Crippen LogP) is 1.39. The van der Waals surface area contributed by atoms with E-state index in [0.29, 0.717) is 57.2 Å². The summed E-state index contributed by atoms with van der Waals surface area (Å²) in [6.45, 7) is 11.2. The van der Waals surface area contributed by atoms with Crippen molar-refractivity contribution in [2.24, 2.45) is 5.92 Å². The van der Waals surface area contributed by atoms with Crippen LogP contribution in [-0.2, 0) is 14.8 Å². The van der Waals surface area contributed by atoms with Gasteiger partial charge in [-0.25, -0.2) is 8.42 Å². The van der Waals surface area contributed by atoms with Gasteiger partial charge in [-0.1, -0.05) is 6.92 Å². The van der Waals surface area contributed by atoms with Crippen LogP contribution in [0, 0.1) is 5.92 Å². The van der Waals surface area contributed by atoms with E-state index in [1.807, 2.05) is 0 Å². The molecule has 0 atom stereocenters. The largest absolute Gasteiger partial charge is 0.490 e. The lowest BCUT2D eigenvalue weighted by molar-refractivity contribution is -0.126. The van der Waals surface area contributed by atoms with Crippen LogP contribution in [-0.4, -0.2) is 101 Å². The van der Waals surface area contributed by atoms with E-state index in [0.717, 1.165) is 52.1 Å². The van der Waals surface area contributed by atoms with E-state index in [9.17, 15) is 13.2 Å². The van der Waals surface area contributed by atoms with Crippen LogP contribution in [0.5, 0.6) is 11.5 Å². The Hall–Kier alpha value is -1.88. The first kappa shape index (κ1) is 25.2. The molecule has 0 spiro atoms. The van der Waals surface area contributed by atoms with Gasteiger partial charge in [-0.05, 0) is 44.5 Å². The number of piperazine rings is 1. The molecule has 10 heteroatoms. The van der Waals surface area contributed by atoms with E-state index in [1.54, 1.807) is 18.2 Å². The average molecular weight is 495 g/mol. The number of rotatable bonds is 8. The average Bonchev–Trinajstić information content (AvgIpc) is 3.12. The number of sulfonamides is 1. The van der Waals surface area contributed by atoms with Gasteiger partial charge in [-0.15, -0.1) is 0 Å². The minimum absolute atomic E-state index is 0.0448. The van der Waals surface area contributed by atoms with Crippen molar-refractivity contribution in [2.75, 3.05) is 72.1 Å². The molecule has 1 aromatic rings. The number of hydrogen-bond donors (Lipinski definition) is 1. The summed E-state index contributed by atoms with van der Waals surface area (Å²) in [6, 6.07) is 4.79. The SMILES string of the molecule is CCN1CCN(CCCNC(=O)C2CCN(S(=O)(=O)c3ccc4c(c3)OCCCO4)CC2)CC1. The monoisotopic (exact) mass is 494 g/mol. The molecule has 3 aliphatic heterocycles. The van der Waals surface area contributed by atoms with Gasteiger partial charge < -0.3 is 24.6 Å². The summed E-state index contributed by atoms with van der Waals surface area (Å²) in [5.41, 5.74) is 0. The van der Waals surface area contributed by atoms with Crippen molar-refractivity contribution in [3.63, 3.8) is 0 Å². The molecular formula is C24H38N4O5S. The zero-order chi connectivity index (χ0) is 24.0. The van der Waals surface area contributed by atoms with Gasteiger partial charge in [0.05, 0.1) is 18.1 Å². The number of ether oxygens (including phenoxy) is 2. The summed E-state index contributed by atoms with van der Waals surface area (Å²) in [4.78, 5) is 17.7. The molecule has 3 heterocycles. The molecule has 2 fully saturated rings. The molecule has 9 nitrogen and oxygen atoms in total. The fraction of sp³-hybridized carbons (Fsp3) is 0.708. The lowest BCUT2D eigenvalue weighted by Crippen LogP contribution is -2.47. The van der Waals surface area contributed by atoms with Gasteiger partial charge in [0.2, 0.25) is 15.9 Å². The topological polar surface area (TPSA) is 91.4 Å². The molecule has 4 rings (SSSR count). The minimum atomic E-state index is -3.64. The molecule has 190 valence electrons. The zero-order valence-electron chi connectivity index (χ0n) is 20.2. The number of carbonyl (C=O) groups excluding carboxylic acids is 1. The van der Waals surface area contributed by atoms with Gasteiger partial charge in [-0.3, -0.25) is 4.79 Å². The Morgan fingerprint density at radius 1 is 1.00 bits per heavy atom. The summed E-state index contributed by atoms with van der Waals surface area (Å²) in [5.74, 6) is 0.960. The maximum Gasteiger partial charge on any atom is 0.243 e. The molecule has 1 aromatic carbocycles. The first-order chi connectivity index (χ1) is 16.5. The van der Waals surface area contributed by atoms with Crippen LogP contribution in [0.25, 0.3) is 0 Å². The number of carbonyl (C=O) groups is 1. The number of fused-ring (bicyclic) bond motifs is 1. The Balaban J connectivity index is 1.20. The van der Waals surface area contributed by atoms with Gasteiger partial charge in [0.1, 0.15) is 0 Å². The number of piperidine rings is 1. The van der Waals surface area contributed by atoms with E-state index in [1.165, 1.54) is 4.31 Å². The van der Waals surface area contributed by atoms with E-state index in [4.69, 9.17) is 9.47 Å². The van der Waals surface area contributed by atoms with Crippen LogP contribution in [0.3, 0.4) is 0 Å². The summed E-state index contributed by atoms with van der Waals surface area (Å²) < 4.78 is 39.0. The second kappa shape index (κ2) is 11.7. The summed E-state index contributed by atoms with van der Waals surface area (Å²) in [6.07, 6.45) is 2.78. The molecule has 0 unspecified atom stereocenters. The number of hydrogen-bond acceptors (Lipinski definition) is 7. The number of benzene rings is 1. The molecule has 1 amide bonds. The van der Waals surface area contributed by atoms with Crippen molar-refractivity contribution >= 4 is 15.9 Å². The molecule has 1 N–H and O–H groups in total. The number of nitrogens with one attached hydrogen (secondary N) is 1. The Morgan fingerprint density at radius 3 is 2.38 bits per heavy atom. The molecular weight excluding hydrogens is 456 g/mol. The van der Waals surface area contributed by atoms with Crippen LogP contribution in [0.15, 0.2) is 23.1 Å². The highest BCUT2D eigenvalue weighted by Crippen LogP contribution is 2.33. The maximum absolute atomic E-state index is 13.2. The van der Waals surface area contributed by atoms with Crippen LogP contribution < -0.4 is 14.8 Å². The quantitative estimate of drug-likeness (QED) is 0.546. The van der Waals surface area contributed by atoms with Gasteiger partial charge >= 0.3 is 0 Å². The van der Waals surface area contributed by atoms with Crippen LogP contribution >= 0.6 is 0 Å². The number of amides is 1. The third-order valence-corrected chi connectivity index (χ3v) is 8.94. The third kappa shape index (κ3) is 6.21. The lowest BCUT2D eigenvalue weighted by atomic mass is 9.97. The first-order valence-electron chi connectivity index (χ1n) is 12.6. The summed E-state index contributed by atoms with van der Waals surface area (Å²) >= 11 is 0. The molecule has 0 aromatic heterocycles. The summed E-state index contributed by atoms with van der Waals surface area (Å²) in [5, 5.41) is 3.06. The second-order valence-corrected chi connectivity index (χ2v) is 11.2. The Kier molecular flexibility index (Phi) is 8.68. The normalized spacial score (nSPS) is 21.2. The van der Waals surface area contributed by atoms with E-state index >= 15 is 0 Å². The van der Waals surface area contributed by atoms with E-state index in [-0.39, 0.29) is 16.7 Å².